The number of aromatic nitrogens is 2. The molecular formula is C8H12N4O. The van der Waals surface area contributed by atoms with Crippen LogP contribution < -0.4 is 10.6 Å². The lowest BCUT2D eigenvalue weighted by Gasteiger charge is -2.09. The molecule has 0 aliphatic carbocycles. The molecule has 0 saturated carbocycles. The van der Waals surface area contributed by atoms with E-state index in [1.807, 2.05) is 0 Å². The highest BCUT2D eigenvalue weighted by Crippen LogP contribution is 2.00. The van der Waals surface area contributed by atoms with E-state index in [0.717, 1.165) is 19.5 Å². The van der Waals surface area contributed by atoms with Crippen molar-refractivity contribution in [3.8, 4) is 0 Å². The van der Waals surface area contributed by atoms with Gasteiger partial charge < -0.3 is 10.6 Å². The van der Waals surface area contributed by atoms with Crippen LogP contribution >= 0.6 is 0 Å². The van der Waals surface area contributed by atoms with Gasteiger partial charge in [0.15, 0.2) is 0 Å². The van der Waals surface area contributed by atoms with Gasteiger partial charge in [-0.3, -0.25) is 9.89 Å². The summed E-state index contributed by atoms with van der Waals surface area (Å²) in [5, 5.41) is 12.4. The molecular weight excluding hydrogens is 168 g/mol. The van der Waals surface area contributed by atoms with Crippen molar-refractivity contribution in [2.45, 2.75) is 12.5 Å². The first-order valence-electron chi connectivity index (χ1n) is 4.36. The number of hydrogen-bond donors (Lipinski definition) is 3. The van der Waals surface area contributed by atoms with Crippen molar-refractivity contribution in [3.05, 3.63) is 18.0 Å². The molecule has 0 radical (unpaired) electrons. The maximum absolute atomic E-state index is 11.5. The lowest BCUT2D eigenvalue weighted by Crippen LogP contribution is -2.35. The molecule has 0 aromatic carbocycles. The van der Waals surface area contributed by atoms with Crippen molar-refractivity contribution in [1.82, 2.24) is 20.8 Å². The van der Waals surface area contributed by atoms with Gasteiger partial charge in [-0.15, -0.1) is 0 Å². The quantitative estimate of drug-likeness (QED) is 0.574. The Labute approximate surface area is 75.9 Å². The standard InChI is InChI=1S/C8H12N4O/c13-8(6-3-10-11-4-6)12-7-1-2-9-5-7/h3-4,7,9H,1-2,5H2,(H,10,11)(H,12,13)/t7-/m1/s1. The summed E-state index contributed by atoms with van der Waals surface area (Å²) in [6.45, 7) is 1.85. The number of rotatable bonds is 2. The topological polar surface area (TPSA) is 69.8 Å². The Hall–Kier alpha value is -1.36. The van der Waals surface area contributed by atoms with E-state index in [0.29, 0.717) is 5.56 Å². The summed E-state index contributed by atoms with van der Waals surface area (Å²) < 4.78 is 0. The first-order chi connectivity index (χ1) is 6.36. The second-order valence-electron chi connectivity index (χ2n) is 3.15. The molecule has 1 aliphatic heterocycles. The lowest BCUT2D eigenvalue weighted by atomic mass is 10.2. The Balaban J connectivity index is 1.91. The van der Waals surface area contributed by atoms with Crippen LogP contribution in [0.25, 0.3) is 0 Å². The van der Waals surface area contributed by atoms with Gasteiger partial charge in [0.05, 0.1) is 11.8 Å². The van der Waals surface area contributed by atoms with Crippen LogP contribution in [0.2, 0.25) is 0 Å². The number of H-pyrrole nitrogens is 1. The van der Waals surface area contributed by atoms with E-state index in [4.69, 9.17) is 0 Å². The fourth-order valence-electron chi connectivity index (χ4n) is 1.42. The molecule has 1 aliphatic rings. The van der Waals surface area contributed by atoms with Gasteiger partial charge in [-0.25, -0.2) is 0 Å². The van der Waals surface area contributed by atoms with Gasteiger partial charge >= 0.3 is 0 Å². The number of carbonyl (C=O) groups is 1. The number of nitrogens with one attached hydrogen (secondary N) is 3. The lowest BCUT2D eigenvalue weighted by molar-refractivity contribution is 0.0940. The van der Waals surface area contributed by atoms with Crippen LogP contribution in [0.3, 0.4) is 0 Å². The van der Waals surface area contributed by atoms with Gasteiger partial charge in [0.1, 0.15) is 0 Å². The zero-order valence-electron chi connectivity index (χ0n) is 7.21. The highest BCUT2D eigenvalue weighted by Gasteiger charge is 2.17. The van der Waals surface area contributed by atoms with E-state index in [-0.39, 0.29) is 11.9 Å². The number of amides is 1. The molecule has 3 N–H and O–H groups in total. The molecule has 0 spiro atoms. The van der Waals surface area contributed by atoms with E-state index in [1.165, 1.54) is 6.20 Å². The highest BCUT2D eigenvalue weighted by atomic mass is 16.1. The molecule has 1 amide bonds. The minimum Gasteiger partial charge on any atom is -0.348 e. The third-order valence-electron chi connectivity index (χ3n) is 2.16. The Kier molecular flexibility index (Phi) is 2.27. The summed E-state index contributed by atoms with van der Waals surface area (Å²) in [6, 6.07) is 0.266. The third kappa shape index (κ3) is 1.86. The number of carbonyl (C=O) groups excluding carboxylic acids is 1. The van der Waals surface area contributed by atoms with Crippen molar-refractivity contribution in [1.29, 1.82) is 0 Å². The van der Waals surface area contributed by atoms with Gasteiger partial charge in [-0.1, -0.05) is 0 Å². The molecule has 1 aromatic heterocycles. The molecule has 0 bridgehead atoms. The Morgan fingerprint density at radius 3 is 3.23 bits per heavy atom. The normalized spacial score (nSPS) is 21.7. The van der Waals surface area contributed by atoms with E-state index in [9.17, 15) is 4.79 Å². The van der Waals surface area contributed by atoms with Crippen LogP contribution in [-0.4, -0.2) is 35.2 Å². The number of hydrogen-bond acceptors (Lipinski definition) is 3. The van der Waals surface area contributed by atoms with Crippen LogP contribution in [0, 0.1) is 0 Å². The zero-order valence-corrected chi connectivity index (χ0v) is 7.21. The zero-order chi connectivity index (χ0) is 9.10. The van der Waals surface area contributed by atoms with E-state index in [2.05, 4.69) is 20.8 Å². The summed E-state index contributed by atoms with van der Waals surface area (Å²) in [5.41, 5.74) is 0.590. The smallest absolute Gasteiger partial charge is 0.254 e. The van der Waals surface area contributed by atoms with Crippen molar-refractivity contribution >= 4 is 5.91 Å². The van der Waals surface area contributed by atoms with Crippen LogP contribution in [0.5, 0.6) is 0 Å². The predicted octanol–water partition coefficient (Wildman–Crippen LogP) is -0.499. The van der Waals surface area contributed by atoms with Crippen LogP contribution in [0.4, 0.5) is 0 Å². The van der Waals surface area contributed by atoms with Gasteiger partial charge in [-0.05, 0) is 13.0 Å². The van der Waals surface area contributed by atoms with Crippen molar-refractivity contribution in [2.24, 2.45) is 0 Å². The Morgan fingerprint density at radius 2 is 2.62 bits per heavy atom. The highest BCUT2D eigenvalue weighted by molar-refractivity contribution is 5.93. The molecule has 1 aromatic rings. The fourth-order valence-corrected chi connectivity index (χ4v) is 1.42. The molecule has 5 heteroatoms. The van der Waals surface area contributed by atoms with Crippen LogP contribution in [0.1, 0.15) is 16.8 Å². The second-order valence-corrected chi connectivity index (χ2v) is 3.15. The molecule has 1 saturated heterocycles. The van der Waals surface area contributed by atoms with Gasteiger partial charge in [0, 0.05) is 18.8 Å². The van der Waals surface area contributed by atoms with Crippen molar-refractivity contribution in [2.75, 3.05) is 13.1 Å². The number of aromatic amines is 1. The van der Waals surface area contributed by atoms with Crippen LogP contribution in [0.15, 0.2) is 12.4 Å². The van der Waals surface area contributed by atoms with Crippen molar-refractivity contribution < 1.29 is 4.79 Å². The molecule has 0 unspecified atom stereocenters. The molecule has 2 rings (SSSR count). The van der Waals surface area contributed by atoms with E-state index in [1.54, 1.807) is 6.20 Å². The molecule has 13 heavy (non-hydrogen) atoms. The van der Waals surface area contributed by atoms with Gasteiger partial charge in [0.2, 0.25) is 0 Å². The molecule has 1 fully saturated rings. The third-order valence-corrected chi connectivity index (χ3v) is 2.16. The molecule has 70 valence electrons. The minimum atomic E-state index is -0.0533. The maximum atomic E-state index is 11.5. The van der Waals surface area contributed by atoms with Gasteiger partial charge in [-0.2, -0.15) is 5.10 Å². The SMILES string of the molecule is O=C(N[C@@H]1CCNC1)c1cn[nH]c1. The average molecular weight is 180 g/mol. The maximum Gasteiger partial charge on any atom is 0.254 e. The number of nitrogens with zero attached hydrogens (tertiary/aromatic N) is 1. The first kappa shape index (κ1) is 8.25. The van der Waals surface area contributed by atoms with E-state index < -0.39 is 0 Å². The van der Waals surface area contributed by atoms with Gasteiger partial charge in [0.25, 0.3) is 5.91 Å². The largest absolute Gasteiger partial charge is 0.348 e. The summed E-state index contributed by atoms with van der Waals surface area (Å²) in [4.78, 5) is 11.5. The summed E-state index contributed by atoms with van der Waals surface area (Å²) in [6.07, 6.45) is 4.12. The summed E-state index contributed by atoms with van der Waals surface area (Å²) >= 11 is 0. The second kappa shape index (κ2) is 3.57. The Morgan fingerprint density at radius 1 is 1.69 bits per heavy atom. The fraction of sp³-hybridized carbons (Fsp3) is 0.500. The molecule has 5 nitrogen and oxygen atoms in total. The summed E-state index contributed by atoms with van der Waals surface area (Å²) in [7, 11) is 0. The van der Waals surface area contributed by atoms with Crippen molar-refractivity contribution in [3.63, 3.8) is 0 Å². The van der Waals surface area contributed by atoms with E-state index >= 15 is 0 Å². The average Bonchev–Trinajstić information content (AvgIpc) is 2.74. The Bertz CT molecular complexity index is 276. The monoisotopic (exact) mass is 180 g/mol. The predicted molar refractivity (Wildman–Crippen MR) is 47.3 cm³/mol. The summed E-state index contributed by atoms with van der Waals surface area (Å²) in [5.74, 6) is -0.0533. The first-order valence-corrected chi connectivity index (χ1v) is 4.36. The minimum absolute atomic E-state index is 0.0533. The molecule has 2 heterocycles. The van der Waals surface area contributed by atoms with Crippen LogP contribution in [-0.2, 0) is 0 Å². The molecule has 1 atom stereocenters.